The Morgan fingerprint density at radius 1 is 1.24 bits per heavy atom. The fourth-order valence-electron chi connectivity index (χ4n) is 2.02. The van der Waals surface area contributed by atoms with Gasteiger partial charge in [0, 0.05) is 17.7 Å². The van der Waals surface area contributed by atoms with Gasteiger partial charge in [0.05, 0.1) is 20.5 Å². The molecule has 13 heteroatoms. The average molecular weight is 493 g/mol. The van der Waals surface area contributed by atoms with Crippen LogP contribution in [0.5, 0.6) is 11.5 Å². The highest BCUT2D eigenvalue weighted by Crippen LogP contribution is 2.38. The lowest BCUT2D eigenvalue weighted by Crippen LogP contribution is -2.11. The van der Waals surface area contributed by atoms with Gasteiger partial charge >= 0.3 is 6.18 Å². The van der Waals surface area contributed by atoms with Crippen molar-refractivity contribution in [3.63, 3.8) is 0 Å². The number of benzene rings is 2. The van der Waals surface area contributed by atoms with E-state index in [0.717, 1.165) is 24.3 Å². The van der Waals surface area contributed by atoms with Crippen LogP contribution in [-0.2, 0) is 17.0 Å². The molecule has 0 aliphatic heterocycles. The van der Waals surface area contributed by atoms with Crippen LogP contribution in [0.3, 0.4) is 0 Å². The number of alkyl halides is 4. The maximum absolute atomic E-state index is 14.1. The van der Waals surface area contributed by atoms with Crippen molar-refractivity contribution in [1.82, 2.24) is 0 Å². The predicted molar refractivity (Wildman–Crippen MR) is 101 cm³/mol. The quantitative estimate of drug-likeness (QED) is 0.253. The molecular weight excluding hydrogens is 485 g/mol. The molecule has 2 unspecified atom stereocenters. The summed E-state index contributed by atoms with van der Waals surface area (Å²) >= 11 is 16.5. The fourth-order valence-corrected chi connectivity index (χ4v) is 3.74. The summed E-state index contributed by atoms with van der Waals surface area (Å²) in [5, 5.41) is 10.1. The number of hydrogen-bond acceptors (Lipinski definition) is 4. The lowest BCUT2D eigenvalue weighted by Gasteiger charge is -2.12. The Morgan fingerprint density at radius 2 is 1.90 bits per heavy atom. The zero-order valence-corrected chi connectivity index (χ0v) is 16.8. The van der Waals surface area contributed by atoms with E-state index in [1.807, 2.05) is 0 Å². The summed E-state index contributed by atoms with van der Waals surface area (Å²) in [5.74, 6) is -0.389. The zero-order chi connectivity index (χ0) is 21.9. The van der Waals surface area contributed by atoms with Gasteiger partial charge in [0.25, 0.3) is 5.69 Å². The SMILES string of the molecule is O=[N+]([O-])c1ccc(Oc2ccc(C(F)(F)F)cc2Cl)cc1S(=O)C(F)/C(Cl)=C\Cl. The first-order chi connectivity index (χ1) is 13.5. The standard InChI is InChI=1S/C16H8Cl3F4NO4S/c17-7-11(19)15(20)29(27)14-6-9(2-3-12(14)24(25)26)28-13-4-1-8(5-10(13)18)16(21,22)23/h1-7,15H/b11-7+. The van der Waals surface area contributed by atoms with Crippen molar-refractivity contribution in [2.45, 2.75) is 16.6 Å². The lowest BCUT2D eigenvalue weighted by atomic mass is 10.2. The molecule has 0 aliphatic rings. The number of halogens is 7. The van der Waals surface area contributed by atoms with Crippen LogP contribution in [0.1, 0.15) is 5.56 Å². The molecule has 0 aliphatic carbocycles. The van der Waals surface area contributed by atoms with Gasteiger partial charge in [0.15, 0.2) is 0 Å². The van der Waals surface area contributed by atoms with E-state index in [9.17, 15) is 31.9 Å². The highest BCUT2D eigenvalue weighted by molar-refractivity contribution is 7.86. The van der Waals surface area contributed by atoms with Crippen LogP contribution in [0, 0.1) is 10.1 Å². The van der Waals surface area contributed by atoms with Crippen molar-refractivity contribution in [2.24, 2.45) is 0 Å². The van der Waals surface area contributed by atoms with Gasteiger partial charge < -0.3 is 4.74 Å². The van der Waals surface area contributed by atoms with Gasteiger partial charge in [-0.1, -0.05) is 34.8 Å². The number of nitro benzene ring substituents is 1. The molecule has 0 bridgehead atoms. The third-order valence-corrected chi connectivity index (χ3v) is 5.80. The topological polar surface area (TPSA) is 69.4 Å². The molecule has 0 amide bonds. The number of nitro groups is 1. The molecule has 0 N–H and O–H groups in total. The van der Waals surface area contributed by atoms with E-state index in [-0.39, 0.29) is 11.5 Å². The fraction of sp³-hybridized carbons (Fsp3) is 0.125. The summed E-state index contributed by atoms with van der Waals surface area (Å²) in [6, 6.07) is 5.16. The molecule has 2 aromatic rings. The maximum atomic E-state index is 14.1. The average Bonchev–Trinajstić information content (AvgIpc) is 2.66. The van der Waals surface area contributed by atoms with Gasteiger partial charge in [-0.3, -0.25) is 14.3 Å². The Bertz CT molecular complexity index is 1000. The Balaban J connectivity index is 2.43. The largest absolute Gasteiger partial charge is 0.456 e. The third kappa shape index (κ3) is 5.59. The van der Waals surface area contributed by atoms with E-state index in [2.05, 4.69) is 0 Å². The molecular formula is C16H8Cl3F4NO4S. The Hall–Kier alpha value is -1.88. The van der Waals surface area contributed by atoms with Crippen LogP contribution in [0.2, 0.25) is 5.02 Å². The molecule has 0 aromatic heterocycles. The van der Waals surface area contributed by atoms with E-state index in [4.69, 9.17) is 39.5 Å². The molecule has 0 radical (unpaired) electrons. The monoisotopic (exact) mass is 491 g/mol. The molecule has 0 saturated carbocycles. The van der Waals surface area contributed by atoms with Gasteiger partial charge in [-0.25, -0.2) is 4.39 Å². The smallest absolute Gasteiger partial charge is 0.416 e. The summed E-state index contributed by atoms with van der Waals surface area (Å²) in [4.78, 5) is 9.68. The second-order valence-corrected chi connectivity index (χ2v) is 7.75. The molecule has 5 nitrogen and oxygen atoms in total. The molecule has 0 saturated heterocycles. The van der Waals surface area contributed by atoms with Crippen molar-refractivity contribution in [3.05, 3.63) is 67.7 Å². The normalized spacial score (nSPS) is 14.4. The van der Waals surface area contributed by atoms with Crippen molar-refractivity contribution in [2.75, 3.05) is 0 Å². The van der Waals surface area contributed by atoms with Crippen LogP contribution in [-0.4, -0.2) is 14.6 Å². The second kappa shape index (κ2) is 9.29. The van der Waals surface area contributed by atoms with Crippen molar-refractivity contribution in [3.8, 4) is 11.5 Å². The zero-order valence-electron chi connectivity index (χ0n) is 13.8. The van der Waals surface area contributed by atoms with Crippen LogP contribution < -0.4 is 4.74 Å². The van der Waals surface area contributed by atoms with Gasteiger partial charge in [0.2, 0.25) is 5.50 Å². The molecule has 0 heterocycles. The van der Waals surface area contributed by atoms with Gasteiger partial charge in [-0.2, -0.15) is 13.2 Å². The van der Waals surface area contributed by atoms with Crippen LogP contribution in [0.4, 0.5) is 23.2 Å². The first-order valence-electron chi connectivity index (χ1n) is 7.29. The summed E-state index contributed by atoms with van der Waals surface area (Å²) in [6.07, 6.45) is -4.62. The summed E-state index contributed by atoms with van der Waals surface area (Å²) in [7, 11) is -2.63. The Labute approximate surface area is 178 Å². The summed E-state index contributed by atoms with van der Waals surface area (Å²) in [5.41, 5.74) is -3.42. The summed E-state index contributed by atoms with van der Waals surface area (Å²) in [6.45, 7) is 0. The van der Waals surface area contributed by atoms with E-state index < -0.39 is 53.6 Å². The second-order valence-electron chi connectivity index (χ2n) is 5.24. The minimum absolute atomic E-state index is 0.182. The summed E-state index contributed by atoms with van der Waals surface area (Å²) < 4.78 is 69.9. The van der Waals surface area contributed by atoms with E-state index in [0.29, 0.717) is 17.7 Å². The number of hydrogen-bond donors (Lipinski definition) is 0. The molecule has 156 valence electrons. The minimum Gasteiger partial charge on any atom is -0.456 e. The van der Waals surface area contributed by atoms with Gasteiger partial charge in [-0.05, 0) is 24.3 Å². The van der Waals surface area contributed by atoms with E-state index >= 15 is 0 Å². The molecule has 2 aromatic carbocycles. The Morgan fingerprint density at radius 3 is 2.41 bits per heavy atom. The van der Waals surface area contributed by atoms with Crippen LogP contribution in [0.25, 0.3) is 0 Å². The highest BCUT2D eigenvalue weighted by atomic mass is 35.5. The molecule has 2 atom stereocenters. The highest BCUT2D eigenvalue weighted by Gasteiger charge is 2.31. The molecule has 29 heavy (non-hydrogen) atoms. The molecule has 0 spiro atoms. The maximum Gasteiger partial charge on any atom is 0.416 e. The first-order valence-corrected chi connectivity index (χ1v) is 9.69. The minimum atomic E-state index is -4.62. The third-order valence-electron chi connectivity index (χ3n) is 3.34. The Kier molecular flexibility index (Phi) is 7.50. The number of ether oxygens (including phenoxy) is 1. The number of rotatable bonds is 6. The van der Waals surface area contributed by atoms with Crippen LogP contribution in [0.15, 0.2) is 51.9 Å². The van der Waals surface area contributed by atoms with E-state index in [1.54, 1.807) is 0 Å². The van der Waals surface area contributed by atoms with Crippen molar-refractivity contribution >= 4 is 51.3 Å². The lowest BCUT2D eigenvalue weighted by molar-refractivity contribution is -0.387. The van der Waals surface area contributed by atoms with E-state index in [1.165, 1.54) is 0 Å². The van der Waals surface area contributed by atoms with Gasteiger partial charge in [-0.15, -0.1) is 0 Å². The predicted octanol–water partition coefficient (Wildman–Crippen LogP) is 6.78. The van der Waals surface area contributed by atoms with Crippen LogP contribution >= 0.6 is 34.8 Å². The van der Waals surface area contributed by atoms with Gasteiger partial charge in [0.1, 0.15) is 27.2 Å². The first kappa shape index (κ1) is 23.4. The molecule has 0 fully saturated rings. The van der Waals surface area contributed by atoms with Crippen molar-refractivity contribution in [1.29, 1.82) is 0 Å². The number of nitrogens with zero attached hydrogens (tertiary/aromatic N) is 1. The van der Waals surface area contributed by atoms with Crippen molar-refractivity contribution < 1.29 is 31.4 Å². The molecule has 2 rings (SSSR count).